The Balaban J connectivity index is 0.00000192. The number of anilines is 2. The second-order valence-electron chi connectivity index (χ2n) is 6.97. The minimum atomic E-state index is 0. The van der Waals surface area contributed by atoms with Gasteiger partial charge in [0.05, 0.1) is 17.2 Å². The van der Waals surface area contributed by atoms with E-state index in [2.05, 4.69) is 33.2 Å². The Kier molecular flexibility index (Phi) is 4.82. The van der Waals surface area contributed by atoms with Crippen LogP contribution in [0.3, 0.4) is 0 Å². The van der Waals surface area contributed by atoms with Gasteiger partial charge in [-0.05, 0) is 42.3 Å². The highest BCUT2D eigenvalue weighted by Gasteiger charge is 2.17. The van der Waals surface area contributed by atoms with Crippen LogP contribution in [0.1, 0.15) is 6.92 Å². The molecule has 28 heavy (non-hydrogen) atoms. The molecule has 8 heteroatoms. The summed E-state index contributed by atoms with van der Waals surface area (Å²) in [7, 11) is 0. The fourth-order valence-electron chi connectivity index (χ4n) is 3.60. The van der Waals surface area contributed by atoms with Crippen molar-refractivity contribution in [2.45, 2.75) is 13.0 Å². The van der Waals surface area contributed by atoms with E-state index in [0.29, 0.717) is 11.6 Å². The quantitative estimate of drug-likeness (QED) is 0.540. The first-order valence-electron chi connectivity index (χ1n) is 9.07. The number of nitrogens with two attached hydrogens (primary N) is 1. The van der Waals surface area contributed by atoms with Crippen molar-refractivity contribution in [1.82, 2.24) is 20.3 Å². The van der Waals surface area contributed by atoms with Crippen LogP contribution >= 0.6 is 13.5 Å². The molecule has 144 valence electrons. The molecular weight excluding hydrogens is 372 g/mol. The summed E-state index contributed by atoms with van der Waals surface area (Å²) in [6.45, 7) is 5.02. The SMILES string of the molecule is C[C@H]1CN(c2cnc3ccc(-c4ccc5oc(N)nc5c4)cc3n2)CCN1.S. The molecule has 1 aliphatic heterocycles. The number of fused-ring (bicyclic) bond motifs is 2. The molecule has 0 unspecified atom stereocenters. The lowest BCUT2D eigenvalue weighted by Crippen LogP contribution is -2.49. The average Bonchev–Trinajstić information content (AvgIpc) is 3.06. The number of benzene rings is 2. The van der Waals surface area contributed by atoms with E-state index in [9.17, 15) is 0 Å². The topological polar surface area (TPSA) is 93.1 Å². The Morgan fingerprint density at radius 1 is 1.07 bits per heavy atom. The van der Waals surface area contributed by atoms with Crippen LogP contribution in [0.25, 0.3) is 33.3 Å². The van der Waals surface area contributed by atoms with Crippen LogP contribution in [0.4, 0.5) is 11.8 Å². The molecule has 3 heterocycles. The summed E-state index contributed by atoms with van der Waals surface area (Å²) in [5.41, 5.74) is 11.0. The summed E-state index contributed by atoms with van der Waals surface area (Å²) in [5.74, 6) is 0.924. The summed E-state index contributed by atoms with van der Waals surface area (Å²) < 4.78 is 5.35. The Morgan fingerprint density at radius 2 is 1.86 bits per heavy atom. The van der Waals surface area contributed by atoms with Gasteiger partial charge in [0.15, 0.2) is 5.58 Å². The van der Waals surface area contributed by atoms with Gasteiger partial charge < -0.3 is 20.4 Å². The van der Waals surface area contributed by atoms with Crippen molar-refractivity contribution >= 4 is 47.5 Å². The van der Waals surface area contributed by atoms with E-state index in [1.807, 2.05) is 36.5 Å². The highest BCUT2D eigenvalue weighted by atomic mass is 32.1. The summed E-state index contributed by atoms with van der Waals surface area (Å²) in [5, 5.41) is 3.45. The molecule has 1 saturated heterocycles. The Bertz CT molecular complexity index is 1140. The zero-order valence-electron chi connectivity index (χ0n) is 15.5. The summed E-state index contributed by atoms with van der Waals surface area (Å²) in [6.07, 6.45) is 1.87. The molecular formula is C20H22N6OS. The predicted molar refractivity (Wildman–Crippen MR) is 117 cm³/mol. The number of piperazine rings is 1. The molecule has 4 aromatic rings. The first-order chi connectivity index (χ1) is 13.2. The predicted octanol–water partition coefficient (Wildman–Crippen LogP) is 2.93. The lowest BCUT2D eigenvalue weighted by molar-refractivity contribution is 0.482. The molecule has 1 aliphatic rings. The molecule has 0 aliphatic carbocycles. The van der Waals surface area contributed by atoms with E-state index in [1.54, 1.807) is 0 Å². The Labute approximate surface area is 169 Å². The van der Waals surface area contributed by atoms with Gasteiger partial charge in [-0.1, -0.05) is 12.1 Å². The molecule has 0 radical (unpaired) electrons. The Hall–Kier alpha value is -2.84. The summed E-state index contributed by atoms with van der Waals surface area (Å²) >= 11 is 0. The average molecular weight is 395 g/mol. The fourth-order valence-corrected chi connectivity index (χ4v) is 3.60. The fraction of sp³-hybridized carbons (Fsp3) is 0.250. The number of nitrogens with zero attached hydrogens (tertiary/aromatic N) is 4. The number of oxazole rings is 1. The lowest BCUT2D eigenvalue weighted by atomic mass is 10.0. The van der Waals surface area contributed by atoms with Crippen LogP contribution in [-0.2, 0) is 0 Å². The second kappa shape index (κ2) is 7.29. The van der Waals surface area contributed by atoms with Gasteiger partial charge in [0.25, 0.3) is 6.01 Å². The number of hydrogen-bond acceptors (Lipinski definition) is 7. The van der Waals surface area contributed by atoms with E-state index in [-0.39, 0.29) is 19.5 Å². The van der Waals surface area contributed by atoms with Gasteiger partial charge in [-0.25, -0.2) is 4.98 Å². The van der Waals surface area contributed by atoms with Crippen molar-refractivity contribution in [2.24, 2.45) is 0 Å². The molecule has 0 spiro atoms. The number of aromatic nitrogens is 3. The zero-order chi connectivity index (χ0) is 18.4. The molecule has 1 atom stereocenters. The molecule has 0 bridgehead atoms. The van der Waals surface area contributed by atoms with Gasteiger partial charge in [0.1, 0.15) is 11.3 Å². The van der Waals surface area contributed by atoms with Crippen molar-refractivity contribution < 1.29 is 4.42 Å². The number of nitrogens with one attached hydrogen (secondary N) is 1. The number of hydrogen-bond donors (Lipinski definition) is 2. The van der Waals surface area contributed by atoms with Crippen LogP contribution in [0, 0.1) is 0 Å². The molecule has 7 nitrogen and oxygen atoms in total. The lowest BCUT2D eigenvalue weighted by Gasteiger charge is -2.32. The largest absolute Gasteiger partial charge is 0.424 e. The van der Waals surface area contributed by atoms with Crippen LogP contribution in [-0.4, -0.2) is 40.6 Å². The van der Waals surface area contributed by atoms with E-state index in [0.717, 1.165) is 53.1 Å². The third-order valence-electron chi connectivity index (χ3n) is 4.96. The molecule has 2 aromatic heterocycles. The molecule has 1 fully saturated rings. The molecule has 0 saturated carbocycles. The highest BCUT2D eigenvalue weighted by Crippen LogP contribution is 2.28. The summed E-state index contributed by atoms with van der Waals surface area (Å²) in [4.78, 5) is 16.0. The van der Waals surface area contributed by atoms with Gasteiger partial charge in [0, 0.05) is 25.7 Å². The minimum Gasteiger partial charge on any atom is -0.424 e. The van der Waals surface area contributed by atoms with Crippen molar-refractivity contribution in [3.05, 3.63) is 42.6 Å². The molecule has 2 aromatic carbocycles. The van der Waals surface area contributed by atoms with E-state index >= 15 is 0 Å². The second-order valence-corrected chi connectivity index (χ2v) is 6.97. The molecule has 5 rings (SSSR count). The maximum Gasteiger partial charge on any atom is 0.292 e. The summed E-state index contributed by atoms with van der Waals surface area (Å²) in [6, 6.07) is 12.6. The zero-order valence-corrected chi connectivity index (χ0v) is 16.5. The number of nitrogen functional groups attached to an aromatic ring is 1. The van der Waals surface area contributed by atoms with Crippen molar-refractivity contribution in [3.8, 4) is 11.1 Å². The van der Waals surface area contributed by atoms with Crippen molar-refractivity contribution in [2.75, 3.05) is 30.3 Å². The first-order valence-corrected chi connectivity index (χ1v) is 9.07. The van der Waals surface area contributed by atoms with Gasteiger partial charge in [-0.2, -0.15) is 18.5 Å². The normalized spacial score (nSPS) is 17.0. The van der Waals surface area contributed by atoms with Gasteiger partial charge in [0.2, 0.25) is 0 Å². The van der Waals surface area contributed by atoms with Crippen molar-refractivity contribution in [3.63, 3.8) is 0 Å². The highest BCUT2D eigenvalue weighted by molar-refractivity contribution is 7.59. The maximum absolute atomic E-state index is 5.65. The first kappa shape index (κ1) is 18.5. The van der Waals surface area contributed by atoms with E-state index in [1.165, 1.54) is 0 Å². The van der Waals surface area contributed by atoms with Gasteiger partial charge >= 0.3 is 0 Å². The third kappa shape index (κ3) is 3.36. The van der Waals surface area contributed by atoms with Crippen LogP contribution in [0.2, 0.25) is 0 Å². The molecule has 0 amide bonds. The minimum absolute atomic E-state index is 0. The number of rotatable bonds is 2. The van der Waals surface area contributed by atoms with E-state index in [4.69, 9.17) is 15.1 Å². The van der Waals surface area contributed by atoms with Gasteiger partial charge in [-0.15, -0.1) is 0 Å². The van der Waals surface area contributed by atoms with E-state index < -0.39 is 0 Å². The van der Waals surface area contributed by atoms with Crippen molar-refractivity contribution in [1.29, 1.82) is 0 Å². The third-order valence-corrected chi connectivity index (χ3v) is 4.96. The van der Waals surface area contributed by atoms with Crippen LogP contribution in [0.5, 0.6) is 0 Å². The smallest absolute Gasteiger partial charge is 0.292 e. The standard InChI is InChI=1S/C20H20N6O.H2S/c1-12-11-26(7-6-22-12)19-10-23-15-4-2-13(8-16(15)24-19)14-3-5-18-17(9-14)25-20(21)27-18;/h2-5,8-10,12,22H,6-7,11H2,1H3,(H2,21,25);1H2/t12-;/m0./s1. The van der Waals surface area contributed by atoms with Crippen LogP contribution < -0.4 is 16.0 Å². The Morgan fingerprint density at radius 3 is 2.68 bits per heavy atom. The van der Waals surface area contributed by atoms with Gasteiger partial charge in [-0.3, -0.25) is 4.98 Å². The molecule has 3 N–H and O–H groups in total. The monoisotopic (exact) mass is 394 g/mol. The van der Waals surface area contributed by atoms with Crippen LogP contribution in [0.15, 0.2) is 47.0 Å². The maximum atomic E-state index is 5.65.